The number of rotatable bonds is 14. The largest absolute Gasteiger partial charge is 0.508 e. The summed E-state index contributed by atoms with van der Waals surface area (Å²) in [6, 6.07) is 5.92. The number of fused-ring (bicyclic) bond motifs is 3. The number of aliphatic hydroxyl groups excluding tert-OH is 3. The Morgan fingerprint density at radius 1 is 1.09 bits per heavy atom. The number of esters is 1. The van der Waals surface area contributed by atoms with E-state index in [1.54, 1.807) is 27.0 Å². The first-order valence-corrected chi connectivity index (χ1v) is 23.2. The van der Waals surface area contributed by atoms with Crippen LogP contribution in [-0.2, 0) is 42.7 Å². The van der Waals surface area contributed by atoms with E-state index >= 15 is 0 Å². The van der Waals surface area contributed by atoms with Crippen LogP contribution in [0.1, 0.15) is 69.7 Å². The van der Waals surface area contributed by atoms with Gasteiger partial charge in [-0.25, -0.2) is 14.6 Å². The molecule has 3 aliphatic rings. The number of ketones is 1. The average Bonchev–Trinajstić information content (AvgIpc) is 3.68. The minimum Gasteiger partial charge on any atom is -0.508 e. The Morgan fingerprint density at radius 3 is 2.52 bits per heavy atom. The molecule has 0 radical (unpaired) electrons. The average molecular weight is 975 g/mol. The van der Waals surface area contributed by atoms with Crippen LogP contribution in [0.4, 0.5) is 4.79 Å². The summed E-state index contributed by atoms with van der Waals surface area (Å²) in [5.74, 6) is 8.50. The van der Waals surface area contributed by atoms with Crippen LogP contribution in [0, 0.1) is 29.6 Å². The predicted molar refractivity (Wildman–Crippen MR) is 252 cm³/mol. The first-order valence-electron chi connectivity index (χ1n) is 22.2. The summed E-state index contributed by atoms with van der Waals surface area (Å²) in [5, 5.41) is 53.7. The molecule has 3 aromatic rings. The SMILES string of the molecule is CC#C/C=C\C#C[C@H](OC1OC(C)C(C(O)c2nc(C(=O)OC)cc3c2[nH]c2ccc(O)cc23)C(O)C1OC1CC(OC)C(NC(C)C)CO1)C1=C(NC(=O)OC)C(=O)C[C@H](O)/C1=C/CSC(C)=O. The molecule has 2 saturated heterocycles. The van der Waals surface area contributed by atoms with Gasteiger partial charge >= 0.3 is 12.1 Å². The fraction of sp³-hybridized carbons (Fsp3) is 0.490. The topological polar surface area (TPSA) is 267 Å². The number of phenols is 1. The molecule has 0 saturated carbocycles. The summed E-state index contributed by atoms with van der Waals surface area (Å²) in [7, 11) is 3.84. The maximum absolute atomic E-state index is 13.8. The molecule has 370 valence electrons. The molecule has 1 aromatic carbocycles. The number of nitrogens with one attached hydrogen (secondary N) is 3. The van der Waals surface area contributed by atoms with Crippen molar-refractivity contribution in [2.45, 2.75) is 115 Å². The van der Waals surface area contributed by atoms with E-state index in [0.717, 1.165) is 18.9 Å². The quantitative estimate of drug-likeness (QED) is 0.0899. The number of carbonyl (C=O) groups excluding carboxylic acids is 4. The molecule has 7 N–H and O–H groups in total. The zero-order chi connectivity index (χ0) is 50.1. The van der Waals surface area contributed by atoms with Crippen molar-refractivity contribution in [3.05, 3.63) is 70.7 Å². The van der Waals surface area contributed by atoms with Crippen LogP contribution in [0.5, 0.6) is 5.75 Å². The van der Waals surface area contributed by atoms with Crippen molar-refractivity contribution in [2.24, 2.45) is 5.92 Å². The van der Waals surface area contributed by atoms with E-state index in [4.69, 9.17) is 33.2 Å². The number of benzene rings is 1. The highest BCUT2D eigenvalue weighted by atomic mass is 32.2. The van der Waals surface area contributed by atoms with Gasteiger partial charge in [-0.2, -0.15) is 0 Å². The van der Waals surface area contributed by atoms with Gasteiger partial charge in [-0.1, -0.05) is 49.4 Å². The van der Waals surface area contributed by atoms with Crippen molar-refractivity contribution >= 4 is 56.5 Å². The highest BCUT2D eigenvalue weighted by Gasteiger charge is 2.52. The number of hydrogen-bond donors (Lipinski definition) is 7. The number of alkyl carbamates (subject to hydrolysis) is 1. The molecule has 2 aromatic heterocycles. The van der Waals surface area contributed by atoms with Gasteiger partial charge in [-0.3, -0.25) is 14.9 Å². The number of nitrogens with zero attached hydrogens (tertiary/aromatic N) is 1. The lowest BCUT2D eigenvalue weighted by molar-refractivity contribution is -0.338. The number of H-pyrrole nitrogens is 1. The number of phenolic OH excluding ortho intramolecular Hbond substituents is 1. The van der Waals surface area contributed by atoms with Crippen molar-refractivity contribution in [2.75, 3.05) is 33.7 Å². The Hall–Kier alpha value is -5.62. The first-order chi connectivity index (χ1) is 33.0. The standard InChI is InChI=1S/C49H58N4O15S/c1-9-10-11-12-13-14-36(40-28(17-18-69-26(5)54)34(56)21-35(57)42(40)53-49(61)64-8)67-48-46(68-38-22-37(62-6)33(23-65-38)50-24(2)3)45(59)39(25(4)66-48)44(58)43-41-30(20-32(52-43)47(60)63-7)29-19-27(55)15-16-31(29)51-41/h11-12,15-17,19-20,24-25,33-34,36-39,44-46,48,50-51,55-56,58-59H,18,21-23H2,1-8H3,(H,53,61)/b12-11-,28-17-/t25?,33?,34-,36-,37?,38?,39?,44?,45?,46?,48?/m0/s1. The maximum atomic E-state index is 13.8. The zero-order valence-electron chi connectivity index (χ0n) is 39.4. The molecule has 69 heavy (non-hydrogen) atoms. The van der Waals surface area contributed by atoms with Crippen LogP contribution >= 0.6 is 11.8 Å². The number of methoxy groups -OCH3 is 3. The fourth-order valence-electron chi connectivity index (χ4n) is 8.63. The molecule has 20 heteroatoms. The van der Waals surface area contributed by atoms with Crippen molar-refractivity contribution < 1.29 is 72.8 Å². The number of ether oxygens (including phenoxy) is 7. The number of aromatic nitrogens is 2. The summed E-state index contributed by atoms with van der Waals surface area (Å²) in [6.07, 6.45) is -8.97. The van der Waals surface area contributed by atoms with Crippen LogP contribution in [-0.4, -0.2) is 148 Å². The molecule has 2 fully saturated rings. The lowest BCUT2D eigenvalue weighted by Crippen LogP contribution is -2.60. The number of allylic oxidation sites excluding steroid dienone is 3. The molecule has 11 atom stereocenters. The Kier molecular flexibility index (Phi) is 18.2. The Labute approximate surface area is 403 Å². The van der Waals surface area contributed by atoms with Gasteiger partial charge in [0, 0.05) is 66.5 Å². The molecule has 19 nitrogen and oxygen atoms in total. The summed E-state index contributed by atoms with van der Waals surface area (Å²) in [6.45, 7) is 8.69. The van der Waals surface area contributed by atoms with Gasteiger partial charge in [0.05, 0.1) is 68.2 Å². The second-order valence-corrected chi connectivity index (χ2v) is 17.9. The molecule has 9 unspecified atom stereocenters. The zero-order valence-corrected chi connectivity index (χ0v) is 40.2. The van der Waals surface area contributed by atoms with Gasteiger partial charge in [0.2, 0.25) is 0 Å². The number of hydrogen-bond acceptors (Lipinski definition) is 18. The smallest absolute Gasteiger partial charge is 0.411 e. The van der Waals surface area contributed by atoms with Crippen molar-refractivity contribution in [3.63, 3.8) is 0 Å². The molecule has 0 bridgehead atoms. The molecule has 1 aliphatic carbocycles. The lowest BCUT2D eigenvalue weighted by Gasteiger charge is -2.47. The molecule has 4 heterocycles. The van der Waals surface area contributed by atoms with Crippen LogP contribution < -0.4 is 10.6 Å². The fourth-order valence-corrected chi connectivity index (χ4v) is 9.13. The van der Waals surface area contributed by atoms with E-state index in [0.29, 0.717) is 21.8 Å². The number of aromatic hydroxyl groups is 1. The number of thioether (sulfide) groups is 1. The van der Waals surface area contributed by atoms with Gasteiger partial charge in [0.15, 0.2) is 23.5 Å². The van der Waals surface area contributed by atoms with E-state index in [1.165, 1.54) is 50.5 Å². The second-order valence-electron chi connectivity index (χ2n) is 16.7. The monoisotopic (exact) mass is 974 g/mol. The third-order valence-electron chi connectivity index (χ3n) is 11.8. The number of Topliss-reactive ketones (excluding diaryl/α,β-unsaturated/α-hetero) is 1. The van der Waals surface area contributed by atoms with Gasteiger partial charge in [0.1, 0.15) is 29.8 Å². The second kappa shape index (κ2) is 23.8. The molecular weight excluding hydrogens is 917 g/mol. The highest BCUT2D eigenvalue weighted by molar-refractivity contribution is 8.13. The first kappa shape index (κ1) is 52.7. The maximum Gasteiger partial charge on any atom is 0.411 e. The van der Waals surface area contributed by atoms with Crippen LogP contribution in [0.3, 0.4) is 0 Å². The Bertz CT molecular complexity index is 2620. The number of pyridine rings is 1. The van der Waals surface area contributed by atoms with Crippen LogP contribution in [0.25, 0.3) is 21.8 Å². The number of aromatic amines is 1. The molecular formula is C49H58N4O15S. The van der Waals surface area contributed by atoms with E-state index < -0.39 is 85.5 Å². The van der Waals surface area contributed by atoms with E-state index in [-0.39, 0.29) is 70.0 Å². The van der Waals surface area contributed by atoms with E-state index in [1.807, 2.05) is 13.8 Å². The van der Waals surface area contributed by atoms with Gasteiger partial charge in [-0.15, -0.1) is 5.92 Å². The normalized spacial score (nSPS) is 26.6. The van der Waals surface area contributed by atoms with Gasteiger partial charge < -0.3 is 63.9 Å². The number of aliphatic hydroxyl groups is 3. The van der Waals surface area contributed by atoms with Crippen LogP contribution in [0.15, 0.2) is 59.3 Å². The van der Waals surface area contributed by atoms with Crippen molar-refractivity contribution in [1.29, 1.82) is 0 Å². The molecule has 6 rings (SSSR count). The minimum absolute atomic E-state index is 0.0492. The minimum atomic E-state index is -1.69. The molecule has 0 spiro atoms. The van der Waals surface area contributed by atoms with E-state index in [2.05, 4.69) is 44.3 Å². The third-order valence-corrected chi connectivity index (χ3v) is 12.5. The van der Waals surface area contributed by atoms with Crippen molar-refractivity contribution in [1.82, 2.24) is 20.6 Å². The van der Waals surface area contributed by atoms with E-state index in [9.17, 15) is 39.6 Å². The van der Waals surface area contributed by atoms with Gasteiger partial charge in [-0.05, 0) is 55.8 Å². The number of carbonyl (C=O) groups is 4. The Balaban J connectivity index is 1.49. The summed E-state index contributed by atoms with van der Waals surface area (Å²) < 4.78 is 41.9. The Morgan fingerprint density at radius 2 is 1.84 bits per heavy atom. The lowest BCUT2D eigenvalue weighted by atomic mass is 9.82. The van der Waals surface area contributed by atoms with Gasteiger partial charge in [0.25, 0.3) is 0 Å². The van der Waals surface area contributed by atoms with Crippen molar-refractivity contribution in [3.8, 4) is 29.4 Å². The van der Waals surface area contributed by atoms with Crippen LogP contribution in [0.2, 0.25) is 0 Å². The molecule has 2 aliphatic heterocycles. The molecule has 1 amide bonds. The summed E-state index contributed by atoms with van der Waals surface area (Å²) in [5.41, 5.74) is 0.332. The summed E-state index contributed by atoms with van der Waals surface area (Å²) in [4.78, 5) is 59.4. The summed E-state index contributed by atoms with van der Waals surface area (Å²) >= 11 is 0.933. The predicted octanol–water partition coefficient (Wildman–Crippen LogP) is 3.59. The third kappa shape index (κ3) is 12.4. The highest BCUT2D eigenvalue weighted by Crippen LogP contribution is 2.42. The number of amides is 1.